The Morgan fingerprint density at radius 3 is 2.50 bits per heavy atom. The number of H-pyrrole nitrogens is 2. The maximum Gasteiger partial charge on any atom is 0.340 e. The standard InChI is InChI=1S/C17H22N4O3/c1-11(14-19-16(23)21-20-14)18-15(22)17(9-3-4-10-17)12-5-7-13(24-2)8-6-12/h5-8,11H,3-4,9-10H2,1-2H3,(H,18,22)(H2,19,20,21,23)/t11-/m0/s1. The topological polar surface area (TPSA) is 99.9 Å². The maximum atomic E-state index is 13.0. The molecule has 0 spiro atoms. The molecule has 0 radical (unpaired) electrons. The molecule has 128 valence electrons. The van der Waals surface area contributed by atoms with Crippen LogP contribution in [0.4, 0.5) is 0 Å². The van der Waals surface area contributed by atoms with Gasteiger partial charge in [0, 0.05) is 0 Å². The van der Waals surface area contributed by atoms with Gasteiger partial charge in [0.15, 0.2) is 5.82 Å². The summed E-state index contributed by atoms with van der Waals surface area (Å²) in [5.74, 6) is 1.17. The molecule has 1 aliphatic rings. The van der Waals surface area contributed by atoms with Crippen molar-refractivity contribution in [2.75, 3.05) is 7.11 Å². The first-order valence-corrected chi connectivity index (χ1v) is 8.15. The Morgan fingerprint density at radius 2 is 1.96 bits per heavy atom. The molecule has 2 aromatic rings. The highest BCUT2D eigenvalue weighted by Crippen LogP contribution is 2.42. The molecule has 0 saturated heterocycles. The number of nitrogens with one attached hydrogen (secondary N) is 3. The number of nitrogens with zero attached hydrogens (tertiary/aromatic N) is 1. The lowest BCUT2D eigenvalue weighted by Gasteiger charge is -2.29. The highest BCUT2D eigenvalue weighted by atomic mass is 16.5. The minimum atomic E-state index is -0.531. The molecule has 1 heterocycles. The van der Waals surface area contributed by atoms with Crippen molar-refractivity contribution in [2.24, 2.45) is 0 Å². The number of rotatable bonds is 5. The molecule has 1 fully saturated rings. The molecule has 24 heavy (non-hydrogen) atoms. The Balaban J connectivity index is 1.83. The molecule has 0 bridgehead atoms. The number of aromatic nitrogens is 3. The Bertz CT molecular complexity index is 757. The Hall–Kier alpha value is -2.57. The number of carbonyl (C=O) groups excluding carboxylic acids is 1. The lowest BCUT2D eigenvalue weighted by atomic mass is 9.77. The Morgan fingerprint density at radius 1 is 1.29 bits per heavy atom. The summed E-state index contributed by atoms with van der Waals surface area (Å²) in [4.78, 5) is 26.8. The highest BCUT2D eigenvalue weighted by molar-refractivity contribution is 5.88. The monoisotopic (exact) mass is 330 g/mol. The first-order valence-electron chi connectivity index (χ1n) is 8.15. The van der Waals surface area contributed by atoms with Crippen molar-refractivity contribution in [1.82, 2.24) is 20.5 Å². The zero-order chi connectivity index (χ0) is 17.2. The normalized spacial score (nSPS) is 17.4. The summed E-state index contributed by atoms with van der Waals surface area (Å²) in [6, 6.07) is 7.33. The van der Waals surface area contributed by atoms with Gasteiger partial charge in [-0.15, -0.1) is 0 Å². The predicted octanol–water partition coefficient (Wildman–Crippen LogP) is 1.80. The fraction of sp³-hybridized carbons (Fsp3) is 0.471. The van der Waals surface area contributed by atoms with Gasteiger partial charge < -0.3 is 10.1 Å². The smallest absolute Gasteiger partial charge is 0.340 e. The molecular formula is C17H22N4O3. The van der Waals surface area contributed by atoms with Gasteiger partial charge in [-0.25, -0.2) is 9.89 Å². The lowest BCUT2D eigenvalue weighted by Crippen LogP contribution is -2.43. The van der Waals surface area contributed by atoms with Gasteiger partial charge in [0.2, 0.25) is 5.91 Å². The number of hydrogen-bond acceptors (Lipinski definition) is 4. The van der Waals surface area contributed by atoms with Gasteiger partial charge in [0.1, 0.15) is 5.75 Å². The van der Waals surface area contributed by atoms with Crippen LogP contribution in [0.25, 0.3) is 0 Å². The van der Waals surface area contributed by atoms with Crippen LogP contribution in [0.1, 0.15) is 50.0 Å². The van der Waals surface area contributed by atoms with Crippen LogP contribution in [0.5, 0.6) is 5.75 Å². The Labute approximate surface area is 139 Å². The molecule has 1 atom stereocenters. The number of benzene rings is 1. The zero-order valence-corrected chi connectivity index (χ0v) is 13.9. The van der Waals surface area contributed by atoms with Crippen LogP contribution in [-0.4, -0.2) is 28.2 Å². The molecule has 1 aromatic carbocycles. The summed E-state index contributed by atoms with van der Waals surface area (Å²) in [5.41, 5.74) is 0.0924. The van der Waals surface area contributed by atoms with Crippen LogP contribution >= 0.6 is 0 Å². The molecule has 1 amide bonds. The minimum absolute atomic E-state index is 0.0264. The van der Waals surface area contributed by atoms with Crippen molar-refractivity contribution in [3.63, 3.8) is 0 Å². The van der Waals surface area contributed by atoms with Gasteiger partial charge in [0.25, 0.3) is 0 Å². The zero-order valence-electron chi connectivity index (χ0n) is 13.9. The van der Waals surface area contributed by atoms with E-state index in [1.165, 1.54) is 0 Å². The SMILES string of the molecule is COc1ccc(C2(C(=O)N[C@@H](C)c3n[nH]c(=O)[nH]3)CCCC2)cc1. The highest BCUT2D eigenvalue weighted by Gasteiger charge is 2.43. The van der Waals surface area contributed by atoms with Gasteiger partial charge in [-0.2, -0.15) is 5.10 Å². The summed E-state index contributed by atoms with van der Waals surface area (Å²) in [6.07, 6.45) is 3.67. The van der Waals surface area contributed by atoms with E-state index in [0.29, 0.717) is 5.82 Å². The molecule has 3 N–H and O–H groups in total. The van der Waals surface area contributed by atoms with Gasteiger partial charge in [-0.1, -0.05) is 25.0 Å². The average Bonchev–Trinajstić information content (AvgIpc) is 3.25. The second-order valence-electron chi connectivity index (χ2n) is 6.28. The van der Waals surface area contributed by atoms with Crippen molar-refractivity contribution >= 4 is 5.91 Å². The fourth-order valence-electron chi connectivity index (χ4n) is 3.43. The molecule has 1 saturated carbocycles. The van der Waals surface area contributed by atoms with E-state index < -0.39 is 5.41 Å². The molecule has 0 unspecified atom stereocenters. The number of carbonyl (C=O) groups is 1. The lowest BCUT2D eigenvalue weighted by molar-refractivity contribution is -0.127. The number of methoxy groups -OCH3 is 1. The van der Waals surface area contributed by atoms with Crippen molar-refractivity contribution in [3.8, 4) is 5.75 Å². The minimum Gasteiger partial charge on any atom is -0.497 e. The largest absolute Gasteiger partial charge is 0.497 e. The third-order valence-corrected chi connectivity index (χ3v) is 4.81. The molecule has 1 aliphatic carbocycles. The number of aromatic amines is 2. The quantitative estimate of drug-likeness (QED) is 0.778. The summed E-state index contributed by atoms with van der Waals surface area (Å²) in [7, 11) is 1.62. The summed E-state index contributed by atoms with van der Waals surface area (Å²) < 4.78 is 5.20. The molecule has 7 heteroatoms. The predicted molar refractivity (Wildman–Crippen MR) is 88.9 cm³/mol. The van der Waals surface area contributed by atoms with Crippen LogP contribution < -0.4 is 15.7 Å². The van der Waals surface area contributed by atoms with E-state index in [9.17, 15) is 9.59 Å². The van der Waals surface area contributed by atoms with E-state index in [0.717, 1.165) is 37.0 Å². The third-order valence-electron chi connectivity index (χ3n) is 4.81. The van der Waals surface area contributed by atoms with Crippen LogP contribution in [0.3, 0.4) is 0 Å². The van der Waals surface area contributed by atoms with Crippen molar-refractivity contribution in [1.29, 1.82) is 0 Å². The van der Waals surface area contributed by atoms with Crippen molar-refractivity contribution in [3.05, 3.63) is 46.1 Å². The average molecular weight is 330 g/mol. The van der Waals surface area contributed by atoms with Gasteiger partial charge in [-0.3, -0.25) is 9.78 Å². The van der Waals surface area contributed by atoms with Crippen LogP contribution in [-0.2, 0) is 10.2 Å². The van der Waals surface area contributed by atoms with Crippen molar-refractivity contribution < 1.29 is 9.53 Å². The molecular weight excluding hydrogens is 308 g/mol. The first-order chi connectivity index (χ1) is 11.5. The summed E-state index contributed by atoms with van der Waals surface area (Å²) >= 11 is 0. The summed E-state index contributed by atoms with van der Waals surface area (Å²) in [5, 5.41) is 9.21. The van der Waals surface area contributed by atoms with E-state index >= 15 is 0 Å². The van der Waals surface area contributed by atoms with Crippen LogP contribution in [0.2, 0.25) is 0 Å². The first kappa shape index (κ1) is 16.3. The molecule has 0 aliphatic heterocycles. The van der Waals surface area contributed by atoms with Gasteiger partial charge >= 0.3 is 5.69 Å². The Kier molecular flexibility index (Phi) is 4.42. The maximum absolute atomic E-state index is 13.0. The molecule has 7 nitrogen and oxygen atoms in total. The molecule has 3 rings (SSSR count). The summed E-state index contributed by atoms with van der Waals surface area (Å²) in [6.45, 7) is 1.81. The van der Waals surface area contributed by atoms with Crippen molar-refractivity contribution in [2.45, 2.75) is 44.1 Å². The number of hydrogen-bond donors (Lipinski definition) is 3. The van der Waals surface area contributed by atoms with Crippen LogP contribution in [0.15, 0.2) is 29.1 Å². The van der Waals surface area contributed by atoms with E-state index in [1.807, 2.05) is 24.3 Å². The third kappa shape index (κ3) is 2.93. The van der Waals surface area contributed by atoms with Crippen LogP contribution in [0, 0.1) is 0 Å². The van der Waals surface area contributed by atoms with E-state index in [1.54, 1.807) is 14.0 Å². The number of amides is 1. The van der Waals surface area contributed by atoms with E-state index in [-0.39, 0.29) is 17.6 Å². The number of ether oxygens (including phenoxy) is 1. The second kappa shape index (κ2) is 6.51. The molecule has 1 aromatic heterocycles. The van der Waals surface area contributed by atoms with Gasteiger partial charge in [0.05, 0.1) is 18.6 Å². The fourth-order valence-corrected chi connectivity index (χ4v) is 3.43. The van der Waals surface area contributed by atoms with Gasteiger partial charge in [-0.05, 0) is 37.5 Å². The second-order valence-corrected chi connectivity index (χ2v) is 6.28. The van der Waals surface area contributed by atoms with E-state index in [4.69, 9.17) is 4.74 Å². The van der Waals surface area contributed by atoms with E-state index in [2.05, 4.69) is 20.5 Å².